The molecule has 2 N–H and O–H groups in total. The van der Waals surface area contributed by atoms with Gasteiger partial charge in [-0.2, -0.15) is 0 Å². The fourth-order valence-corrected chi connectivity index (χ4v) is 2.41. The van der Waals surface area contributed by atoms with Gasteiger partial charge in [0, 0.05) is 32.7 Å². The monoisotopic (exact) mass is 333 g/mol. The van der Waals surface area contributed by atoms with Crippen LogP contribution in [0.4, 0.5) is 0 Å². The van der Waals surface area contributed by atoms with Crippen molar-refractivity contribution in [2.45, 2.75) is 19.4 Å². The van der Waals surface area contributed by atoms with E-state index >= 15 is 0 Å². The Kier molecular flexibility index (Phi) is 9.62. The average molecular weight is 334 g/mol. The third-order valence-corrected chi connectivity index (χ3v) is 3.63. The smallest absolute Gasteiger partial charge is 0.239 e. The van der Waals surface area contributed by atoms with E-state index in [2.05, 4.69) is 29.2 Å². The van der Waals surface area contributed by atoms with E-state index in [0.29, 0.717) is 0 Å². The zero-order chi connectivity index (χ0) is 13.7. The molecule has 0 saturated carbocycles. The Morgan fingerprint density at radius 2 is 1.71 bits per heavy atom. The molecule has 0 unspecified atom stereocenters. The largest absolute Gasteiger partial charge is 0.339 e. The average Bonchev–Trinajstić information content (AvgIpc) is 2.46. The van der Waals surface area contributed by atoms with E-state index in [1.165, 1.54) is 5.56 Å². The third kappa shape index (κ3) is 6.22. The third-order valence-electron chi connectivity index (χ3n) is 3.63. The molecule has 1 fully saturated rings. The fraction of sp³-hybridized carbons (Fsp3) is 0.533. The van der Waals surface area contributed by atoms with E-state index < -0.39 is 0 Å². The standard InChI is InChI=1S/C15H23N3O.2ClH/c1-13(16)15(19)18-11-9-17(10-12-18)8-7-14-5-3-2-4-6-14;;/h2-6,13H,7-12,16H2,1H3;2*1H/t13-;;/m1../s1. The van der Waals surface area contributed by atoms with Crippen molar-refractivity contribution in [3.63, 3.8) is 0 Å². The molecule has 0 bridgehead atoms. The van der Waals surface area contributed by atoms with Crippen LogP contribution in [0, 0.1) is 0 Å². The van der Waals surface area contributed by atoms with Crippen molar-refractivity contribution in [3.8, 4) is 0 Å². The van der Waals surface area contributed by atoms with Gasteiger partial charge in [0.15, 0.2) is 0 Å². The van der Waals surface area contributed by atoms with Crippen LogP contribution in [0.3, 0.4) is 0 Å². The topological polar surface area (TPSA) is 49.6 Å². The fourth-order valence-electron chi connectivity index (χ4n) is 2.41. The molecule has 6 heteroatoms. The van der Waals surface area contributed by atoms with Crippen molar-refractivity contribution in [2.24, 2.45) is 5.73 Å². The van der Waals surface area contributed by atoms with E-state index in [0.717, 1.165) is 39.1 Å². The molecular formula is C15H25Cl2N3O. The molecular weight excluding hydrogens is 309 g/mol. The number of nitrogens with zero attached hydrogens (tertiary/aromatic N) is 2. The normalized spacial score (nSPS) is 16.6. The van der Waals surface area contributed by atoms with Crippen LogP contribution < -0.4 is 5.73 Å². The number of carbonyl (C=O) groups excluding carboxylic acids is 1. The highest BCUT2D eigenvalue weighted by Gasteiger charge is 2.22. The summed E-state index contributed by atoms with van der Waals surface area (Å²) in [4.78, 5) is 16.1. The predicted molar refractivity (Wildman–Crippen MR) is 91.3 cm³/mol. The van der Waals surface area contributed by atoms with Crippen LogP contribution in [0.2, 0.25) is 0 Å². The maximum absolute atomic E-state index is 11.8. The van der Waals surface area contributed by atoms with E-state index in [4.69, 9.17) is 5.73 Å². The predicted octanol–water partition coefficient (Wildman–Crippen LogP) is 1.56. The molecule has 1 atom stereocenters. The molecule has 120 valence electrons. The Hall–Kier alpha value is -0.810. The zero-order valence-electron chi connectivity index (χ0n) is 12.4. The molecule has 0 spiro atoms. The lowest BCUT2D eigenvalue weighted by molar-refractivity contribution is -0.133. The lowest BCUT2D eigenvalue weighted by Crippen LogP contribution is -2.52. The Bertz CT molecular complexity index is 407. The van der Waals surface area contributed by atoms with Gasteiger partial charge in [-0.05, 0) is 18.9 Å². The number of hydrogen-bond donors (Lipinski definition) is 1. The van der Waals surface area contributed by atoms with Gasteiger partial charge in [0.2, 0.25) is 5.91 Å². The lowest BCUT2D eigenvalue weighted by atomic mass is 10.1. The molecule has 0 aliphatic carbocycles. The Morgan fingerprint density at radius 1 is 1.14 bits per heavy atom. The molecule has 1 saturated heterocycles. The van der Waals surface area contributed by atoms with E-state index in [1.54, 1.807) is 6.92 Å². The summed E-state index contributed by atoms with van der Waals surface area (Å²) in [6.45, 7) is 6.31. The molecule has 1 heterocycles. The summed E-state index contributed by atoms with van der Waals surface area (Å²) in [6, 6.07) is 10.1. The van der Waals surface area contributed by atoms with E-state index in [-0.39, 0.29) is 36.8 Å². The molecule has 21 heavy (non-hydrogen) atoms. The summed E-state index contributed by atoms with van der Waals surface area (Å²) in [6.07, 6.45) is 1.07. The summed E-state index contributed by atoms with van der Waals surface area (Å²) in [5.41, 5.74) is 7.00. The zero-order valence-corrected chi connectivity index (χ0v) is 14.0. The van der Waals surface area contributed by atoms with Crippen LogP contribution in [0.1, 0.15) is 12.5 Å². The number of nitrogens with two attached hydrogens (primary N) is 1. The van der Waals surface area contributed by atoms with Gasteiger partial charge in [0.05, 0.1) is 6.04 Å². The Balaban J connectivity index is 0.00000200. The first-order valence-electron chi connectivity index (χ1n) is 6.97. The summed E-state index contributed by atoms with van der Waals surface area (Å²) < 4.78 is 0. The van der Waals surface area contributed by atoms with Gasteiger partial charge in [-0.25, -0.2) is 0 Å². The second-order valence-electron chi connectivity index (χ2n) is 5.19. The van der Waals surface area contributed by atoms with Crippen LogP contribution in [-0.2, 0) is 11.2 Å². The highest BCUT2D eigenvalue weighted by atomic mass is 35.5. The summed E-state index contributed by atoms with van der Waals surface area (Å²) in [5.74, 6) is 0.0720. The van der Waals surface area contributed by atoms with E-state index in [1.807, 2.05) is 11.0 Å². The first-order chi connectivity index (χ1) is 9.16. The minimum absolute atomic E-state index is 0. The van der Waals surface area contributed by atoms with Crippen LogP contribution in [-0.4, -0.2) is 54.5 Å². The lowest BCUT2D eigenvalue weighted by Gasteiger charge is -2.35. The highest BCUT2D eigenvalue weighted by molar-refractivity contribution is 5.85. The van der Waals surface area contributed by atoms with Crippen molar-refractivity contribution in [2.75, 3.05) is 32.7 Å². The second kappa shape index (κ2) is 10.0. The molecule has 0 aromatic heterocycles. The summed E-state index contributed by atoms with van der Waals surface area (Å²) >= 11 is 0. The van der Waals surface area contributed by atoms with Crippen molar-refractivity contribution >= 4 is 30.7 Å². The van der Waals surface area contributed by atoms with Gasteiger partial charge >= 0.3 is 0 Å². The van der Waals surface area contributed by atoms with Gasteiger partial charge in [-0.15, -0.1) is 24.8 Å². The van der Waals surface area contributed by atoms with Crippen molar-refractivity contribution in [1.29, 1.82) is 0 Å². The molecule has 1 amide bonds. The van der Waals surface area contributed by atoms with Gasteiger partial charge in [0.1, 0.15) is 0 Å². The van der Waals surface area contributed by atoms with Crippen molar-refractivity contribution in [3.05, 3.63) is 35.9 Å². The first-order valence-corrected chi connectivity index (χ1v) is 6.97. The molecule has 1 aromatic carbocycles. The van der Waals surface area contributed by atoms with Crippen LogP contribution in [0.15, 0.2) is 30.3 Å². The van der Waals surface area contributed by atoms with Gasteiger partial charge in [-0.1, -0.05) is 30.3 Å². The SMILES string of the molecule is C[C@@H](N)C(=O)N1CCN(CCc2ccccc2)CC1.Cl.Cl. The quantitative estimate of drug-likeness (QED) is 0.909. The number of piperazine rings is 1. The van der Waals surface area contributed by atoms with Crippen LogP contribution >= 0.6 is 24.8 Å². The maximum atomic E-state index is 11.8. The molecule has 2 rings (SSSR count). The number of halogens is 2. The molecule has 1 aliphatic rings. The van der Waals surface area contributed by atoms with Gasteiger partial charge in [-0.3, -0.25) is 9.69 Å². The van der Waals surface area contributed by atoms with E-state index in [9.17, 15) is 4.79 Å². The summed E-state index contributed by atoms with van der Waals surface area (Å²) in [7, 11) is 0. The number of amides is 1. The Labute approximate surface area is 139 Å². The second-order valence-corrected chi connectivity index (χ2v) is 5.19. The number of rotatable bonds is 4. The molecule has 1 aliphatic heterocycles. The molecule has 1 aromatic rings. The highest BCUT2D eigenvalue weighted by Crippen LogP contribution is 2.06. The van der Waals surface area contributed by atoms with Crippen LogP contribution in [0.25, 0.3) is 0 Å². The molecule has 4 nitrogen and oxygen atoms in total. The number of carbonyl (C=O) groups is 1. The van der Waals surface area contributed by atoms with Crippen molar-refractivity contribution in [1.82, 2.24) is 9.80 Å². The van der Waals surface area contributed by atoms with Gasteiger partial charge in [0.25, 0.3) is 0 Å². The minimum Gasteiger partial charge on any atom is -0.339 e. The summed E-state index contributed by atoms with van der Waals surface area (Å²) in [5, 5.41) is 0. The number of benzene rings is 1. The Morgan fingerprint density at radius 3 is 2.24 bits per heavy atom. The minimum atomic E-state index is -0.379. The maximum Gasteiger partial charge on any atom is 0.239 e. The number of hydrogen-bond acceptors (Lipinski definition) is 3. The first kappa shape index (κ1) is 20.2. The van der Waals surface area contributed by atoms with Gasteiger partial charge < -0.3 is 10.6 Å². The molecule has 0 radical (unpaired) electrons. The van der Waals surface area contributed by atoms with Crippen molar-refractivity contribution < 1.29 is 4.79 Å². The van der Waals surface area contributed by atoms with Crippen LogP contribution in [0.5, 0.6) is 0 Å².